The molecule has 4 nitrogen and oxygen atoms in total. The molecule has 0 aliphatic carbocycles. The van der Waals surface area contributed by atoms with Crippen LogP contribution in [-0.2, 0) is 10.1 Å². The Labute approximate surface area is 52.6 Å². The first-order chi connectivity index (χ1) is 3.95. The second-order valence-corrected chi connectivity index (χ2v) is 3.08. The molecular weight excluding hydrogens is 149 g/mol. The van der Waals surface area contributed by atoms with Gasteiger partial charge >= 0.3 is 0 Å². The maximum atomic E-state index is 12.0. The monoisotopic (exact) mass is 157 g/mol. The Balaban J connectivity index is 3.75. The minimum atomic E-state index is -4.19. The molecule has 3 N–H and O–H groups in total. The summed E-state index contributed by atoms with van der Waals surface area (Å²) < 4.78 is 39.7. The Bertz CT molecular complexity index is 166. The SMILES string of the molecule is NCC(F)CS(=O)(=O)O. The molecule has 0 aliphatic heterocycles. The lowest BCUT2D eigenvalue weighted by Crippen LogP contribution is -2.24. The van der Waals surface area contributed by atoms with E-state index in [0.29, 0.717) is 0 Å². The third-order valence-electron chi connectivity index (χ3n) is 0.647. The van der Waals surface area contributed by atoms with Crippen molar-refractivity contribution in [2.45, 2.75) is 6.17 Å². The molecule has 6 heteroatoms. The van der Waals surface area contributed by atoms with Crippen LogP contribution in [0.2, 0.25) is 0 Å². The molecule has 0 aromatic heterocycles. The van der Waals surface area contributed by atoms with Crippen molar-refractivity contribution in [3.63, 3.8) is 0 Å². The van der Waals surface area contributed by atoms with Crippen molar-refractivity contribution in [1.29, 1.82) is 0 Å². The summed E-state index contributed by atoms with van der Waals surface area (Å²) in [6.45, 7) is -0.389. The molecule has 0 amide bonds. The Morgan fingerprint density at radius 3 is 2.22 bits per heavy atom. The Morgan fingerprint density at radius 2 is 2.11 bits per heavy atom. The summed E-state index contributed by atoms with van der Waals surface area (Å²) in [7, 11) is -4.19. The third kappa shape index (κ3) is 5.67. The molecule has 0 aromatic rings. The van der Waals surface area contributed by atoms with E-state index in [4.69, 9.17) is 10.3 Å². The van der Waals surface area contributed by atoms with Crippen molar-refractivity contribution < 1.29 is 17.4 Å². The lowest BCUT2D eigenvalue weighted by molar-refractivity contribution is 0.360. The van der Waals surface area contributed by atoms with E-state index in [2.05, 4.69) is 0 Å². The summed E-state index contributed by atoms with van der Waals surface area (Å²) in [5.74, 6) is -0.913. The zero-order valence-corrected chi connectivity index (χ0v) is 5.44. The van der Waals surface area contributed by atoms with Gasteiger partial charge in [-0.05, 0) is 0 Å². The third-order valence-corrected chi connectivity index (χ3v) is 1.43. The van der Waals surface area contributed by atoms with Crippen LogP contribution in [0, 0.1) is 0 Å². The number of hydrogen-bond donors (Lipinski definition) is 2. The Morgan fingerprint density at radius 1 is 1.67 bits per heavy atom. The van der Waals surface area contributed by atoms with Crippen LogP contribution in [0.15, 0.2) is 0 Å². The predicted molar refractivity (Wildman–Crippen MR) is 30.4 cm³/mol. The van der Waals surface area contributed by atoms with E-state index in [1.54, 1.807) is 0 Å². The molecule has 0 rings (SSSR count). The maximum Gasteiger partial charge on any atom is 0.267 e. The highest BCUT2D eigenvalue weighted by Crippen LogP contribution is 1.92. The summed E-state index contributed by atoms with van der Waals surface area (Å²) in [5.41, 5.74) is 4.73. The van der Waals surface area contributed by atoms with E-state index in [1.165, 1.54) is 0 Å². The summed E-state index contributed by atoms with van der Waals surface area (Å²) in [4.78, 5) is 0. The highest BCUT2D eigenvalue weighted by Gasteiger charge is 2.13. The Kier molecular flexibility index (Phi) is 3.02. The van der Waals surface area contributed by atoms with Gasteiger partial charge < -0.3 is 5.73 Å². The molecule has 0 saturated carbocycles. The summed E-state index contributed by atoms with van der Waals surface area (Å²) in [5, 5.41) is 0. The number of hydrogen-bond acceptors (Lipinski definition) is 3. The van der Waals surface area contributed by atoms with E-state index >= 15 is 0 Å². The average molecular weight is 157 g/mol. The van der Waals surface area contributed by atoms with Crippen LogP contribution < -0.4 is 5.73 Å². The molecule has 0 fully saturated rings. The molecule has 0 radical (unpaired) electrons. The zero-order chi connectivity index (χ0) is 7.49. The fraction of sp³-hybridized carbons (Fsp3) is 1.00. The number of rotatable bonds is 3. The lowest BCUT2D eigenvalue weighted by Gasteiger charge is -1.99. The predicted octanol–water partition coefficient (Wildman–Crippen LogP) is -0.829. The second-order valence-electron chi connectivity index (χ2n) is 1.58. The van der Waals surface area contributed by atoms with E-state index in [-0.39, 0.29) is 6.54 Å². The van der Waals surface area contributed by atoms with Crippen molar-refractivity contribution in [3.8, 4) is 0 Å². The standard InChI is InChI=1S/C3H8FNO3S/c4-3(1-5)2-9(6,7)8/h3H,1-2,5H2,(H,6,7,8). The molecule has 0 heterocycles. The van der Waals surface area contributed by atoms with E-state index in [0.717, 1.165) is 0 Å². The van der Waals surface area contributed by atoms with Crippen molar-refractivity contribution in [3.05, 3.63) is 0 Å². The summed E-state index contributed by atoms with van der Waals surface area (Å²) in [6, 6.07) is 0. The minimum Gasteiger partial charge on any atom is -0.328 e. The molecule has 0 saturated heterocycles. The Hall–Kier alpha value is -0.200. The fourth-order valence-corrected chi connectivity index (χ4v) is 0.890. The first-order valence-electron chi connectivity index (χ1n) is 2.25. The highest BCUT2D eigenvalue weighted by molar-refractivity contribution is 7.85. The van der Waals surface area contributed by atoms with Crippen molar-refractivity contribution in [1.82, 2.24) is 0 Å². The van der Waals surface area contributed by atoms with Crippen LogP contribution in [0.4, 0.5) is 4.39 Å². The van der Waals surface area contributed by atoms with Gasteiger partial charge in [0.05, 0.1) is 0 Å². The van der Waals surface area contributed by atoms with Crippen LogP contribution in [0.3, 0.4) is 0 Å². The van der Waals surface area contributed by atoms with Gasteiger partial charge in [0.2, 0.25) is 0 Å². The van der Waals surface area contributed by atoms with Gasteiger partial charge in [-0.2, -0.15) is 8.42 Å². The van der Waals surface area contributed by atoms with Gasteiger partial charge in [0.15, 0.2) is 0 Å². The largest absolute Gasteiger partial charge is 0.328 e. The van der Waals surface area contributed by atoms with Gasteiger partial charge in [0, 0.05) is 6.54 Å². The van der Waals surface area contributed by atoms with Crippen molar-refractivity contribution in [2.75, 3.05) is 12.3 Å². The normalized spacial score (nSPS) is 15.4. The second kappa shape index (κ2) is 3.09. The van der Waals surface area contributed by atoms with Gasteiger partial charge in [0.25, 0.3) is 10.1 Å². The molecule has 56 valence electrons. The van der Waals surface area contributed by atoms with Gasteiger partial charge in [-0.3, -0.25) is 4.55 Å². The lowest BCUT2D eigenvalue weighted by atomic mass is 10.5. The molecule has 0 aromatic carbocycles. The van der Waals surface area contributed by atoms with E-state index < -0.39 is 22.0 Å². The zero-order valence-electron chi connectivity index (χ0n) is 4.62. The molecule has 0 bridgehead atoms. The first-order valence-corrected chi connectivity index (χ1v) is 3.86. The average Bonchev–Trinajstić information content (AvgIpc) is 1.62. The summed E-state index contributed by atoms with van der Waals surface area (Å²) in [6.07, 6.45) is -1.67. The van der Waals surface area contributed by atoms with Crippen LogP contribution in [0.5, 0.6) is 0 Å². The number of nitrogens with two attached hydrogens (primary N) is 1. The van der Waals surface area contributed by atoms with E-state index in [1.807, 2.05) is 0 Å². The molecule has 0 aliphatic rings. The molecule has 9 heavy (non-hydrogen) atoms. The van der Waals surface area contributed by atoms with Gasteiger partial charge in [-0.15, -0.1) is 0 Å². The topological polar surface area (TPSA) is 80.4 Å². The minimum absolute atomic E-state index is 0.389. The fourth-order valence-electron chi connectivity index (χ4n) is 0.297. The van der Waals surface area contributed by atoms with Crippen LogP contribution in [0.1, 0.15) is 0 Å². The molecular formula is C3H8FNO3S. The van der Waals surface area contributed by atoms with Crippen LogP contribution >= 0.6 is 0 Å². The van der Waals surface area contributed by atoms with Gasteiger partial charge in [-0.25, -0.2) is 4.39 Å². The number of alkyl halides is 1. The molecule has 1 unspecified atom stereocenters. The van der Waals surface area contributed by atoms with Crippen molar-refractivity contribution >= 4 is 10.1 Å². The van der Waals surface area contributed by atoms with E-state index in [9.17, 15) is 12.8 Å². The van der Waals surface area contributed by atoms with Gasteiger partial charge in [-0.1, -0.05) is 0 Å². The first kappa shape index (κ1) is 8.80. The smallest absolute Gasteiger partial charge is 0.267 e. The maximum absolute atomic E-state index is 12.0. The highest BCUT2D eigenvalue weighted by atomic mass is 32.2. The molecule has 0 spiro atoms. The van der Waals surface area contributed by atoms with Gasteiger partial charge in [0.1, 0.15) is 11.9 Å². The summed E-state index contributed by atoms with van der Waals surface area (Å²) >= 11 is 0. The molecule has 1 atom stereocenters. The van der Waals surface area contributed by atoms with Crippen LogP contribution in [0.25, 0.3) is 0 Å². The number of halogens is 1. The quantitative estimate of drug-likeness (QED) is 0.524. The van der Waals surface area contributed by atoms with Crippen LogP contribution in [-0.4, -0.2) is 31.4 Å². The van der Waals surface area contributed by atoms with Crippen molar-refractivity contribution in [2.24, 2.45) is 5.73 Å².